The molecule has 160 valence electrons. The molecule has 0 spiro atoms. The fraction of sp³-hybridized carbons (Fsp3) is 0.538. The van der Waals surface area contributed by atoms with E-state index < -0.39 is 0 Å². The quantitative estimate of drug-likeness (QED) is 0.595. The van der Waals surface area contributed by atoms with Gasteiger partial charge in [-0.15, -0.1) is 0 Å². The minimum absolute atomic E-state index is 0.0894. The Kier molecular flexibility index (Phi) is 7.90. The Labute approximate surface area is 178 Å². The molecule has 0 aliphatic rings. The van der Waals surface area contributed by atoms with Crippen molar-refractivity contribution in [3.05, 3.63) is 64.7 Å². The van der Waals surface area contributed by atoms with Gasteiger partial charge in [-0.05, 0) is 59.3 Å². The number of nitrogens with zero attached hydrogens (tertiary/aromatic N) is 1. The monoisotopic (exact) mass is 396 g/mol. The number of likely N-dealkylation sites (N-methyl/N-ethyl adjacent to an activating group) is 1. The van der Waals surface area contributed by atoms with E-state index >= 15 is 0 Å². The number of hydrogen-bond acceptors (Lipinski definition) is 3. The topological polar surface area (TPSA) is 24.5 Å². The molecule has 0 fully saturated rings. The maximum Gasteiger partial charge on any atom is 0.120 e. The first-order chi connectivity index (χ1) is 13.4. The molecule has 0 amide bonds. The molecule has 2 rings (SSSR count). The summed E-state index contributed by atoms with van der Waals surface area (Å²) in [7, 11) is 4.20. The van der Waals surface area contributed by atoms with E-state index in [0.717, 1.165) is 25.4 Å². The molecule has 1 N–H and O–H groups in total. The van der Waals surface area contributed by atoms with Gasteiger partial charge in [-0.1, -0.05) is 71.9 Å². The number of nitrogens with one attached hydrogen (secondary N) is 1. The second-order valence-electron chi connectivity index (χ2n) is 10.3. The van der Waals surface area contributed by atoms with E-state index in [2.05, 4.69) is 108 Å². The Bertz CT molecular complexity index is 765. The van der Waals surface area contributed by atoms with Crippen molar-refractivity contribution in [1.82, 2.24) is 10.2 Å². The summed E-state index contributed by atoms with van der Waals surface area (Å²) in [4.78, 5) is 2.19. The van der Waals surface area contributed by atoms with E-state index in [1.807, 2.05) is 0 Å². The Hall–Kier alpha value is -1.84. The van der Waals surface area contributed by atoms with Gasteiger partial charge in [-0.3, -0.25) is 0 Å². The van der Waals surface area contributed by atoms with Crippen LogP contribution in [0.1, 0.15) is 63.8 Å². The second kappa shape index (κ2) is 9.77. The first-order valence-corrected chi connectivity index (χ1v) is 10.7. The summed E-state index contributed by atoms with van der Waals surface area (Å²) in [5, 5.41) is 3.54. The molecule has 0 unspecified atom stereocenters. The lowest BCUT2D eigenvalue weighted by atomic mass is 9.86. The highest BCUT2D eigenvalue weighted by Gasteiger charge is 2.16. The first kappa shape index (κ1) is 23.4. The van der Waals surface area contributed by atoms with Crippen LogP contribution < -0.4 is 10.1 Å². The van der Waals surface area contributed by atoms with Crippen molar-refractivity contribution in [2.24, 2.45) is 0 Å². The molecule has 2 aromatic rings. The van der Waals surface area contributed by atoms with Crippen molar-refractivity contribution >= 4 is 0 Å². The molecule has 0 heterocycles. The number of rotatable bonds is 8. The maximum atomic E-state index is 6.20. The third-order valence-corrected chi connectivity index (χ3v) is 5.12. The van der Waals surface area contributed by atoms with Gasteiger partial charge in [0.05, 0.1) is 0 Å². The van der Waals surface area contributed by atoms with Crippen LogP contribution >= 0.6 is 0 Å². The highest BCUT2D eigenvalue weighted by Crippen LogP contribution is 2.28. The Balaban J connectivity index is 2.09. The zero-order chi connectivity index (χ0) is 21.7. The highest BCUT2D eigenvalue weighted by molar-refractivity contribution is 5.38. The van der Waals surface area contributed by atoms with Gasteiger partial charge in [0.15, 0.2) is 0 Å². The van der Waals surface area contributed by atoms with Crippen LogP contribution in [-0.2, 0) is 24.0 Å². The smallest absolute Gasteiger partial charge is 0.120 e. The van der Waals surface area contributed by atoms with Gasteiger partial charge in [-0.25, -0.2) is 0 Å². The molecule has 3 heteroatoms. The Morgan fingerprint density at radius 1 is 0.793 bits per heavy atom. The van der Waals surface area contributed by atoms with Gasteiger partial charge in [0.1, 0.15) is 12.4 Å². The van der Waals surface area contributed by atoms with Crippen molar-refractivity contribution in [3.63, 3.8) is 0 Å². The zero-order valence-corrected chi connectivity index (χ0v) is 19.7. The van der Waals surface area contributed by atoms with Gasteiger partial charge in [0.2, 0.25) is 0 Å². The lowest BCUT2D eigenvalue weighted by Crippen LogP contribution is -2.26. The van der Waals surface area contributed by atoms with E-state index in [9.17, 15) is 0 Å². The summed E-state index contributed by atoms with van der Waals surface area (Å²) in [5.41, 5.74) is 5.39. The summed E-state index contributed by atoms with van der Waals surface area (Å²) in [5.74, 6) is 0.946. The summed E-state index contributed by atoms with van der Waals surface area (Å²) in [6.45, 7) is 16.9. The lowest BCUT2D eigenvalue weighted by molar-refractivity contribution is 0.305. The highest BCUT2D eigenvalue weighted by atomic mass is 16.5. The SMILES string of the molecule is CN(C)CCNCc1cc(OCc2ccc(C(C)(C)C)cc2)cc(C(C)(C)C)c1. The van der Waals surface area contributed by atoms with Gasteiger partial charge >= 0.3 is 0 Å². The molecule has 0 saturated heterocycles. The molecule has 2 aromatic carbocycles. The molecule has 29 heavy (non-hydrogen) atoms. The molecule has 0 bridgehead atoms. The third kappa shape index (κ3) is 7.83. The van der Waals surface area contributed by atoms with Crippen LogP contribution in [0.25, 0.3) is 0 Å². The third-order valence-electron chi connectivity index (χ3n) is 5.12. The van der Waals surface area contributed by atoms with Crippen molar-refractivity contribution < 1.29 is 4.74 Å². The van der Waals surface area contributed by atoms with Gasteiger partial charge in [-0.2, -0.15) is 0 Å². The molecule has 0 atom stereocenters. The van der Waals surface area contributed by atoms with Crippen LogP contribution in [0.4, 0.5) is 0 Å². The first-order valence-electron chi connectivity index (χ1n) is 10.7. The minimum Gasteiger partial charge on any atom is -0.489 e. The Morgan fingerprint density at radius 3 is 1.97 bits per heavy atom. The number of ether oxygens (including phenoxy) is 1. The zero-order valence-electron chi connectivity index (χ0n) is 19.7. The van der Waals surface area contributed by atoms with Gasteiger partial charge < -0.3 is 15.0 Å². The summed E-state index contributed by atoms with van der Waals surface area (Å²) < 4.78 is 6.20. The van der Waals surface area contributed by atoms with Crippen molar-refractivity contribution in [2.75, 3.05) is 27.2 Å². The van der Waals surface area contributed by atoms with Crippen LogP contribution in [0.3, 0.4) is 0 Å². The lowest BCUT2D eigenvalue weighted by Gasteiger charge is -2.22. The Morgan fingerprint density at radius 2 is 1.41 bits per heavy atom. The van der Waals surface area contributed by atoms with E-state index in [1.165, 1.54) is 22.3 Å². The van der Waals surface area contributed by atoms with Crippen molar-refractivity contribution in [3.8, 4) is 5.75 Å². The van der Waals surface area contributed by atoms with Crippen LogP contribution in [0.15, 0.2) is 42.5 Å². The van der Waals surface area contributed by atoms with Gasteiger partial charge in [0.25, 0.3) is 0 Å². The van der Waals surface area contributed by atoms with Crippen LogP contribution in [0, 0.1) is 0 Å². The fourth-order valence-electron chi connectivity index (χ4n) is 3.08. The molecule has 0 aliphatic carbocycles. The molecule has 0 aromatic heterocycles. The standard InChI is InChI=1S/C26H40N2O/c1-25(2,3)22-11-9-20(10-12-22)19-29-24-16-21(18-27-13-14-28(7)8)15-23(17-24)26(4,5)6/h9-12,15-17,27H,13-14,18-19H2,1-8H3. The van der Waals surface area contributed by atoms with E-state index in [-0.39, 0.29) is 10.8 Å². The molecule has 0 radical (unpaired) electrons. The predicted molar refractivity (Wildman–Crippen MR) is 125 cm³/mol. The summed E-state index contributed by atoms with van der Waals surface area (Å²) in [6.07, 6.45) is 0. The van der Waals surface area contributed by atoms with E-state index in [0.29, 0.717) is 6.61 Å². The summed E-state index contributed by atoms with van der Waals surface area (Å²) >= 11 is 0. The molecule has 3 nitrogen and oxygen atoms in total. The maximum absolute atomic E-state index is 6.20. The van der Waals surface area contributed by atoms with Crippen LogP contribution in [-0.4, -0.2) is 32.1 Å². The van der Waals surface area contributed by atoms with E-state index in [4.69, 9.17) is 4.74 Å². The number of benzene rings is 2. The average Bonchev–Trinajstić information content (AvgIpc) is 2.62. The largest absolute Gasteiger partial charge is 0.489 e. The average molecular weight is 397 g/mol. The molecular formula is C26H40N2O. The fourth-order valence-corrected chi connectivity index (χ4v) is 3.08. The van der Waals surface area contributed by atoms with Gasteiger partial charge in [0, 0.05) is 19.6 Å². The minimum atomic E-state index is 0.0894. The second-order valence-corrected chi connectivity index (χ2v) is 10.3. The normalized spacial score (nSPS) is 12.4. The summed E-state index contributed by atoms with van der Waals surface area (Å²) in [6, 6.07) is 15.4. The molecule has 0 aliphatic heterocycles. The van der Waals surface area contributed by atoms with E-state index in [1.54, 1.807) is 0 Å². The molecular weight excluding hydrogens is 356 g/mol. The number of hydrogen-bond donors (Lipinski definition) is 1. The molecule has 0 saturated carbocycles. The predicted octanol–water partition coefficient (Wildman–Crippen LogP) is 5.51. The van der Waals surface area contributed by atoms with Crippen molar-refractivity contribution in [2.45, 2.75) is 65.5 Å². The van der Waals surface area contributed by atoms with Crippen LogP contribution in [0.5, 0.6) is 5.75 Å². The van der Waals surface area contributed by atoms with Crippen LogP contribution in [0.2, 0.25) is 0 Å². The van der Waals surface area contributed by atoms with Crippen molar-refractivity contribution in [1.29, 1.82) is 0 Å².